The molecule has 9 nitrogen and oxygen atoms in total. The molecule has 108 valence electrons. The second kappa shape index (κ2) is 4.85. The van der Waals surface area contributed by atoms with E-state index < -0.39 is 11.6 Å². The van der Waals surface area contributed by atoms with E-state index in [4.69, 9.17) is 5.73 Å². The van der Waals surface area contributed by atoms with E-state index in [0.717, 1.165) is 0 Å². The molecule has 21 heavy (non-hydrogen) atoms. The number of urea groups is 1. The number of anilines is 2. The van der Waals surface area contributed by atoms with Gasteiger partial charge in [-0.1, -0.05) is 6.07 Å². The maximum absolute atomic E-state index is 12.4. The minimum atomic E-state index is -0.712. The third-order valence-corrected chi connectivity index (χ3v) is 3.32. The van der Waals surface area contributed by atoms with Crippen molar-refractivity contribution in [2.45, 2.75) is 18.4 Å². The number of amides is 3. The standard InChI is InChI=1S/C12H13N7O2/c13-11(21)16-9-3-1-2-8(6-9)15-10(20)12(4-5-12)19-7-14-17-18-19/h1-3,6-7H,4-5H2,(H,15,20)(H3,13,16,21). The summed E-state index contributed by atoms with van der Waals surface area (Å²) < 4.78 is 1.47. The molecular formula is C12H13N7O2. The van der Waals surface area contributed by atoms with Crippen LogP contribution in [0.4, 0.5) is 16.2 Å². The molecule has 3 amide bonds. The topological polar surface area (TPSA) is 128 Å². The molecule has 1 aromatic carbocycles. The predicted molar refractivity (Wildman–Crippen MR) is 73.3 cm³/mol. The average molecular weight is 287 g/mol. The molecule has 1 aliphatic carbocycles. The van der Waals surface area contributed by atoms with Gasteiger partial charge in [0, 0.05) is 11.4 Å². The molecule has 0 unspecified atom stereocenters. The fourth-order valence-corrected chi connectivity index (χ4v) is 2.10. The first-order chi connectivity index (χ1) is 10.1. The van der Waals surface area contributed by atoms with Gasteiger partial charge in [-0.3, -0.25) is 4.79 Å². The van der Waals surface area contributed by atoms with Crippen LogP contribution in [-0.2, 0) is 10.3 Å². The zero-order valence-corrected chi connectivity index (χ0v) is 11.0. The molecule has 1 heterocycles. The minimum absolute atomic E-state index is 0.189. The molecule has 9 heteroatoms. The molecule has 0 saturated heterocycles. The van der Waals surface area contributed by atoms with Gasteiger partial charge < -0.3 is 16.4 Å². The fourth-order valence-electron chi connectivity index (χ4n) is 2.10. The summed E-state index contributed by atoms with van der Waals surface area (Å²) in [6.07, 6.45) is 2.80. The molecule has 4 N–H and O–H groups in total. The minimum Gasteiger partial charge on any atom is -0.351 e. The normalized spacial score (nSPS) is 15.2. The van der Waals surface area contributed by atoms with Crippen LogP contribution in [0.2, 0.25) is 0 Å². The lowest BCUT2D eigenvalue weighted by Gasteiger charge is -2.15. The Morgan fingerprint density at radius 3 is 2.52 bits per heavy atom. The van der Waals surface area contributed by atoms with Crippen molar-refractivity contribution in [3.8, 4) is 0 Å². The van der Waals surface area contributed by atoms with E-state index >= 15 is 0 Å². The molecule has 1 saturated carbocycles. The Morgan fingerprint density at radius 1 is 1.24 bits per heavy atom. The van der Waals surface area contributed by atoms with Gasteiger partial charge in [-0.25, -0.2) is 9.48 Å². The number of tetrazole rings is 1. The van der Waals surface area contributed by atoms with Crippen LogP contribution in [0.3, 0.4) is 0 Å². The number of carbonyl (C=O) groups is 2. The van der Waals surface area contributed by atoms with Gasteiger partial charge in [0.15, 0.2) is 0 Å². The summed E-state index contributed by atoms with van der Waals surface area (Å²) in [5, 5.41) is 16.2. The van der Waals surface area contributed by atoms with Crippen LogP contribution in [0.5, 0.6) is 0 Å². The van der Waals surface area contributed by atoms with Crippen molar-refractivity contribution in [1.29, 1.82) is 0 Å². The van der Waals surface area contributed by atoms with E-state index in [2.05, 4.69) is 26.2 Å². The maximum Gasteiger partial charge on any atom is 0.316 e. The van der Waals surface area contributed by atoms with E-state index in [0.29, 0.717) is 24.2 Å². The number of nitrogens with zero attached hydrogens (tertiary/aromatic N) is 4. The molecule has 0 atom stereocenters. The van der Waals surface area contributed by atoms with Crippen LogP contribution in [0.15, 0.2) is 30.6 Å². The molecule has 1 aliphatic rings. The highest BCUT2D eigenvalue weighted by Gasteiger charge is 2.53. The lowest BCUT2D eigenvalue weighted by atomic mass is 10.2. The summed E-state index contributed by atoms with van der Waals surface area (Å²) >= 11 is 0. The second-order valence-electron chi connectivity index (χ2n) is 4.81. The molecule has 0 aliphatic heterocycles. The first-order valence-corrected chi connectivity index (χ1v) is 6.32. The summed E-state index contributed by atoms with van der Waals surface area (Å²) in [5.41, 5.74) is 5.41. The SMILES string of the molecule is NC(=O)Nc1cccc(NC(=O)C2(n3cnnn3)CC2)c1. The summed E-state index contributed by atoms with van der Waals surface area (Å²) in [6.45, 7) is 0. The highest BCUT2D eigenvalue weighted by Crippen LogP contribution is 2.43. The van der Waals surface area contributed by atoms with Crippen LogP contribution < -0.4 is 16.4 Å². The number of primary amides is 1. The number of benzene rings is 1. The smallest absolute Gasteiger partial charge is 0.316 e. The third-order valence-electron chi connectivity index (χ3n) is 3.32. The van der Waals surface area contributed by atoms with Gasteiger partial charge in [-0.2, -0.15) is 0 Å². The number of carbonyl (C=O) groups excluding carboxylic acids is 2. The van der Waals surface area contributed by atoms with Crippen molar-refractivity contribution in [3.63, 3.8) is 0 Å². The van der Waals surface area contributed by atoms with E-state index in [1.165, 1.54) is 11.0 Å². The van der Waals surface area contributed by atoms with Crippen molar-refractivity contribution >= 4 is 23.3 Å². The summed E-state index contributed by atoms with van der Waals surface area (Å²) in [7, 11) is 0. The van der Waals surface area contributed by atoms with E-state index in [1.54, 1.807) is 24.3 Å². The molecule has 0 radical (unpaired) electrons. The Hall–Kier alpha value is -2.97. The van der Waals surface area contributed by atoms with Gasteiger partial charge in [0.25, 0.3) is 5.91 Å². The molecule has 2 aromatic rings. The van der Waals surface area contributed by atoms with Gasteiger partial charge in [0.2, 0.25) is 0 Å². The molecule has 0 spiro atoms. The van der Waals surface area contributed by atoms with E-state index in [9.17, 15) is 9.59 Å². The fraction of sp³-hybridized carbons (Fsp3) is 0.250. The summed E-state index contributed by atoms with van der Waals surface area (Å²) in [5.74, 6) is -0.189. The number of hydrogen-bond donors (Lipinski definition) is 3. The number of nitrogens with one attached hydrogen (secondary N) is 2. The van der Waals surface area contributed by atoms with Gasteiger partial charge in [-0.05, 0) is 41.5 Å². The van der Waals surface area contributed by atoms with Crippen molar-refractivity contribution < 1.29 is 9.59 Å². The quantitative estimate of drug-likeness (QED) is 0.744. The zero-order valence-electron chi connectivity index (χ0n) is 11.0. The van der Waals surface area contributed by atoms with E-state index in [1.807, 2.05) is 0 Å². The lowest BCUT2D eigenvalue weighted by molar-refractivity contribution is -0.120. The van der Waals surface area contributed by atoms with Crippen LogP contribution in [-0.4, -0.2) is 32.1 Å². The lowest BCUT2D eigenvalue weighted by Crippen LogP contribution is -2.33. The van der Waals surface area contributed by atoms with Crippen LogP contribution in [0.25, 0.3) is 0 Å². The molecular weight excluding hydrogens is 274 g/mol. The van der Waals surface area contributed by atoms with Crippen LogP contribution in [0, 0.1) is 0 Å². The number of nitrogens with two attached hydrogens (primary N) is 1. The molecule has 0 bridgehead atoms. The first kappa shape index (κ1) is 13.0. The molecule has 1 fully saturated rings. The molecule has 3 rings (SSSR count). The Bertz CT molecular complexity index is 679. The van der Waals surface area contributed by atoms with Gasteiger partial charge in [-0.15, -0.1) is 5.10 Å². The van der Waals surface area contributed by atoms with Crippen LogP contribution >= 0.6 is 0 Å². The van der Waals surface area contributed by atoms with E-state index in [-0.39, 0.29) is 5.91 Å². The first-order valence-electron chi connectivity index (χ1n) is 6.32. The van der Waals surface area contributed by atoms with Gasteiger partial charge in [0.1, 0.15) is 11.9 Å². The monoisotopic (exact) mass is 287 g/mol. The average Bonchev–Trinajstić information content (AvgIpc) is 3.06. The maximum atomic E-state index is 12.4. The van der Waals surface area contributed by atoms with Gasteiger partial charge in [0.05, 0.1) is 0 Å². The van der Waals surface area contributed by atoms with Crippen LogP contribution in [0.1, 0.15) is 12.8 Å². The third kappa shape index (κ3) is 2.53. The Kier molecular flexibility index (Phi) is 3.01. The predicted octanol–water partition coefficient (Wildman–Crippen LogP) is 0.291. The Balaban J connectivity index is 1.75. The zero-order chi connectivity index (χ0) is 14.9. The number of aromatic nitrogens is 4. The summed E-state index contributed by atoms with van der Waals surface area (Å²) in [6, 6.07) is 6.07. The van der Waals surface area contributed by atoms with Crippen molar-refractivity contribution in [3.05, 3.63) is 30.6 Å². The van der Waals surface area contributed by atoms with Crippen molar-refractivity contribution in [2.75, 3.05) is 10.6 Å². The number of hydrogen-bond acceptors (Lipinski definition) is 5. The van der Waals surface area contributed by atoms with Crippen molar-refractivity contribution in [1.82, 2.24) is 20.2 Å². The summed E-state index contributed by atoms with van der Waals surface area (Å²) in [4.78, 5) is 23.2. The Morgan fingerprint density at radius 2 is 1.95 bits per heavy atom. The highest BCUT2D eigenvalue weighted by atomic mass is 16.2. The second-order valence-corrected chi connectivity index (χ2v) is 4.81. The highest BCUT2D eigenvalue weighted by molar-refractivity contribution is 5.99. The Labute approximate surface area is 119 Å². The largest absolute Gasteiger partial charge is 0.351 e. The van der Waals surface area contributed by atoms with Gasteiger partial charge >= 0.3 is 6.03 Å². The molecule has 1 aromatic heterocycles. The van der Waals surface area contributed by atoms with Crippen molar-refractivity contribution in [2.24, 2.45) is 5.73 Å². The number of rotatable bonds is 4.